The van der Waals surface area contributed by atoms with Crippen molar-refractivity contribution in [2.24, 2.45) is 10.3 Å². The summed E-state index contributed by atoms with van der Waals surface area (Å²) >= 11 is 0. The van der Waals surface area contributed by atoms with Crippen molar-refractivity contribution in [1.29, 1.82) is 0 Å². The zero-order valence-corrected chi connectivity index (χ0v) is 19.2. The molecule has 0 radical (unpaired) electrons. The van der Waals surface area contributed by atoms with E-state index in [1.165, 1.54) is 0 Å². The van der Waals surface area contributed by atoms with Gasteiger partial charge in [0, 0.05) is 32.6 Å². The summed E-state index contributed by atoms with van der Waals surface area (Å²) in [5.74, 6) is 0. The van der Waals surface area contributed by atoms with Crippen molar-refractivity contribution in [1.82, 2.24) is 20.6 Å². The molecule has 0 aliphatic carbocycles. The van der Waals surface area contributed by atoms with Crippen LogP contribution in [-0.2, 0) is 32.6 Å². The molecular formula is C18H26N6O2Zn. The van der Waals surface area contributed by atoms with Crippen LogP contribution in [0.15, 0.2) is 46.7 Å². The van der Waals surface area contributed by atoms with E-state index in [1.54, 1.807) is 13.8 Å². The minimum atomic E-state index is 0. The molecule has 0 bridgehead atoms. The van der Waals surface area contributed by atoms with E-state index < -0.39 is 0 Å². The van der Waals surface area contributed by atoms with Crippen molar-refractivity contribution < 1.29 is 29.9 Å². The SMILES string of the molecule is CNCc1cccc(/C(C)=N/O)n1.CNCc1cccc(/C(C)=N/O)n1.[Zn]. The van der Waals surface area contributed by atoms with Gasteiger partial charge in [0.2, 0.25) is 0 Å². The van der Waals surface area contributed by atoms with Crippen LogP contribution < -0.4 is 10.6 Å². The fourth-order valence-corrected chi connectivity index (χ4v) is 2.02. The van der Waals surface area contributed by atoms with E-state index in [4.69, 9.17) is 10.4 Å². The van der Waals surface area contributed by atoms with Crippen molar-refractivity contribution in [2.45, 2.75) is 26.9 Å². The molecule has 9 heteroatoms. The predicted molar refractivity (Wildman–Crippen MR) is 102 cm³/mol. The van der Waals surface area contributed by atoms with Gasteiger partial charge in [-0.05, 0) is 52.2 Å². The Hall–Kier alpha value is -2.22. The first kappa shape index (κ1) is 24.8. The summed E-state index contributed by atoms with van der Waals surface area (Å²) in [5.41, 5.74) is 4.33. The van der Waals surface area contributed by atoms with Crippen LogP contribution in [0.1, 0.15) is 36.6 Å². The van der Waals surface area contributed by atoms with Crippen LogP contribution in [0.4, 0.5) is 0 Å². The summed E-state index contributed by atoms with van der Waals surface area (Å²) in [5, 5.41) is 29.3. The summed E-state index contributed by atoms with van der Waals surface area (Å²) < 4.78 is 0. The molecule has 2 heterocycles. The van der Waals surface area contributed by atoms with Crippen LogP contribution in [0.2, 0.25) is 0 Å². The minimum absolute atomic E-state index is 0. The molecule has 2 aromatic rings. The summed E-state index contributed by atoms with van der Waals surface area (Å²) in [4.78, 5) is 8.56. The zero-order chi connectivity index (χ0) is 19.4. The smallest absolute Gasteiger partial charge is 0.102 e. The molecular weight excluding hydrogens is 398 g/mol. The summed E-state index contributed by atoms with van der Waals surface area (Å²) in [6.45, 7) is 4.86. The molecule has 0 spiro atoms. The van der Waals surface area contributed by atoms with Gasteiger partial charge in [0.05, 0.1) is 22.8 Å². The average Bonchev–Trinajstić information content (AvgIpc) is 2.68. The number of nitrogens with one attached hydrogen (secondary N) is 2. The van der Waals surface area contributed by atoms with Gasteiger partial charge in [-0.15, -0.1) is 0 Å². The number of nitrogens with zero attached hydrogens (tertiary/aromatic N) is 4. The number of aromatic nitrogens is 2. The molecule has 8 nitrogen and oxygen atoms in total. The average molecular weight is 424 g/mol. The van der Waals surface area contributed by atoms with E-state index in [1.807, 2.05) is 50.5 Å². The van der Waals surface area contributed by atoms with Gasteiger partial charge >= 0.3 is 0 Å². The van der Waals surface area contributed by atoms with Crippen LogP contribution >= 0.6 is 0 Å². The Morgan fingerprint density at radius 1 is 0.815 bits per heavy atom. The first-order valence-corrected chi connectivity index (χ1v) is 8.14. The van der Waals surface area contributed by atoms with E-state index in [9.17, 15) is 0 Å². The van der Waals surface area contributed by atoms with Crippen molar-refractivity contribution in [3.63, 3.8) is 0 Å². The van der Waals surface area contributed by atoms with E-state index in [2.05, 4.69) is 30.9 Å². The molecule has 142 valence electrons. The first-order chi connectivity index (χ1) is 12.5. The summed E-state index contributed by atoms with van der Waals surface area (Å²) in [6, 6.07) is 11.3. The molecule has 2 aromatic heterocycles. The molecule has 4 N–H and O–H groups in total. The molecule has 0 fully saturated rings. The van der Waals surface area contributed by atoms with Gasteiger partial charge in [0.25, 0.3) is 0 Å². The van der Waals surface area contributed by atoms with E-state index in [0.717, 1.165) is 11.4 Å². The standard InChI is InChI=1S/2C9H13N3O.Zn/c2*1-7(12-13)9-5-3-4-8(11-9)6-10-2;/h2*3-5,10,13H,6H2,1-2H3;/b2*12-7+;. The Morgan fingerprint density at radius 2 is 1.19 bits per heavy atom. The summed E-state index contributed by atoms with van der Waals surface area (Å²) in [7, 11) is 3.72. The maximum Gasteiger partial charge on any atom is 0.102 e. The maximum atomic E-state index is 8.54. The third-order valence-corrected chi connectivity index (χ3v) is 3.37. The molecule has 0 atom stereocenters. The fourth-order valence-electron chi connectivity index (χ4n) is 2.02. The van der Waals surface area contributed by atoms with Gasteiger partial charge in [0.1, 0.15) is 11.4 Å². The normalized spacial score (nSPS) is 11.3. The molecule has 0 amide bonds. The van der Waals surface area contributed by atoms with Gasteiger partial charge in [-0.1, -0.05) is 22.4 Å². The molecule has 0 aliphatic heterocycles. The van der Waals surface area contributed by atoms with Gasteiger partial charge in [-0.3, -0.25) is 9.97 Å². The van der Waals surface area contributed by atoms with Crippen LogP contribution in [0, 0.1) is 0 Å². The molecule has 0 aliphatic rings. The number of rotatable bonds is 6. The molecule has 0 saturated heterocycles. The van der Waals surface area contributed by atoms with Gasteiger partial charge < -0.3 is 21.0 Å². The number of hydrogen-bond donors (Lipinski definition) is 4. The predicted octanol–water partition coefficient (Wildman–Crippen LogP) is 2.00. The van der Waals surface area contributed by atoms with E-state index in [0.29, 0.717) is 35.9 Å². The van der Waals surface area contributed by atoms with Crippen LogP contribution in [-0.4, -0.2) is 45.9 Å². The topological polar surface area (TPSA) is 115 Å². The van der Waals surface area contributed by atoms with Gasteiger partial charge in [0.15, 0.2) is 0 Å². The second-order valence-electron chi connectivity index (χ2n) is 5.46. The fraction of sp³-hybridized carbons (Fsp3) is 0.333. The largest absolute Gasteiger partial charge is 0.411 e. The number of pyridine rings is 2. The van der Waals surface area contributed by atoms with Crippen molar-refractivity contribution in [3.8, 4) is 0 Å². The third-order valence-electron chi connectivity index (χ3n) is 3.37. The molecule has 0 aromatic carbocycles. The monoisotopic (exact) mass is 422 g/mol. The third kappa shape index (κ3) is 8.81. The van der Waals surface area contributed by atoms with Crippen molar-refractivity contribution >= 4 is 11.4 Å². The van der Waals surface area contributed by atoms with Gasteiger partial charge in [-0.25, -0.2) is 0 Å². The molecule has 0 saturated carbocycles. The number of oxime groups is 2. The Labute approximate surface area is 172 Å². The number of hydrogen-bond acceptors (Lipinski definition) is 8. The molecule has 27 heavy (non-hydrogen) atoms. The Bertz CT molecular complexity index is 689. The quantitative estimate of drug-likeness (QED) is 0.244. The second kappa shape index (κ2) is 13.9. The van der Waals surface area contributed by atoms with Crippen LogP contribution in [0.25, 0.3) is 0 Å². The maximum absolute atomic E-state index is 8.54. The van der Waals surface area contributed by atoms with E-state index in [-0.39, 0.29) is 19.5 Å². The van der Waals surface area contributed by atoms with Crippen LogP contribution in [0.5, 0.6) is 0 Å². The van der Waals surface area contributed by atoms with Crippen molar-refractivity contribution in [3.05, 3.63) is 59.2 Å². The van der Waals surface area contributed by atoms with Crippen LogP contribution in [0.3, 0.4) is 0 Å². The van der Waals surface area contributed by atoms with Gasteiger partial charge in [-0.2, -0.15) is 0 Å². The Balaban J connectivity index is 0.000000483. The van der Waals surface area contributed by atoms with E-state index >= 15 is 0 Å². The Morgan fingerprint density at radius 3 is 1.48 bits per heavy atom. The first-order valence-electron chi connectivity index (χ1n) is 8.14. The van der Waals surface area contributed by atoms with Crippen molar-refractivity contribution in [2.75, 3.05) is 14.1 Å². The molecule has 2 rings (SSSR count). The second-order valence-corrected chi connectivity index (χ2v) is 5.46. The minimum Gasteiger partial charge on any atom is -0.411 e. The molecule has 0 unspecified atom stereocenters. The summed E-state index contributed by atoms with van der Waals surface area (Å²) in [6.07, 6.45) is 0. The zero-order valence-electron chi connectivity index (χ0n) is 16.3. The Kier molecular flexibility index (Phi) is 12.8.